The van der Waals surface area contributed by atoms with Crippen molar-refractivity contribution in [1.82, 2.24) is 0 Å². The Hall–Kier alpha value is -1.55. The third-order valence-corrected chi connectivity index (χ3v) is 2.02. The van der Waals surface area contributed by atoms with Crippen molar-refractivity contribution in [3.63, 3.8) is 0 Å². The fourth-order valence-corrected chi connectivity index (χ4v) is 1.14. The number of carbonyl (C=O) groups excluding carboxylic acids is 1. The molecule has 1 aromatic carbocycles. The Morgan fingerprint density at radius 1 is 1.40 bits per heavy atom. The Balaban J connectivity index is 2.46. The lowest BCUT2D eigenvalue weighted by Crippen LogP contribution is -2.14. The van der Waals surface area contributed by atoms with Crippen molar-refractivity contribution < 1.29 is 9.53 Å². The third kappa shape index (κ3) is 3.99. The van der Waals surface area contributed by atoms with Crippen LogP contribution in [0.5, 0.6) is 5.75 Å². The van der Waals surface area contributed by atoms with Gasteiger partial charge in [0.2, 0.25) is 5.91 Å². The van der Waals surface area contributed by atoms with Crippen LogP contribution in [0.1, 0.15) is 24.9 Å². The van der Waals surface area contributed by atoms with E-state index in [2.05, 4.69) is 0 Å². The van der Waals surface area contributed by atoms with Crippen LogP contribution < -0.4 is 16.2 Å². The summed E-state index contributed by atoms with van der Waals surface area (Å²) in [6.07, 6.45) is 0.231. The van der Waals surface area contributed by atoms with E-state index in [9.17, 15) is 4.79 Å². The molecule has 0 aliphatic heterocycles. The highest BCUT2D eigenvalue weighted by atomic mass is 16.5. The van der Waals surface area contributed by atoms with Gasteiger partial charge in [-0.2, -0.15) is 0 Å². The minimum absolute atomic E-state index is 0.0182. The first-order valence-electron chi connectivity index (χ1n) is 4.86. The van der Waals surface area contributed by atoms with Gasteiger partial charge in [-0.25, -0.2) is 0 Å². The van der Waals surface area contributed by atoms with Crippen molar-refractivity contribution in [1.29, 1.82) is 0 Å². The molecule has 4 N–H and O–H groups in total. The fraction of sp³-hybridized carbons (Fsp3) is 0.364. The molecule has 0 radical (unpaired) electrons. The molecule has 0 saturated heterocycles. The number of carbonyl (C=O) groups is 1. The molecule has 15 heavy (non-hydrogen) atoms. The van der Waals surface area contributed by atoms with E-state index in [-0.39, 0.29) is 18.4 Å². The lowest BCUT2D eigenvalue weighted by atomic mass is 10.1. The first kappa shape index (κ1) is 11.5. The Morgan fingerprint density at radius 3 is 2.47 bits per heavy atom. The summed E-state index contributed by atoms with van der Waals surface area (Å²) in [5.41, 5.74) is 11.7. The number of hydrogen-bond donors (Lipinski definition) is 2. The van der Waals surface area contributed by atoms with Gasteiger partial charge in [0.1, 0.15) is 5.75 Å². The summed E-state index contributed by atoms with van der Waals surface area (Å²) < 4.78 is 5.31. The molecule has 0 spiro atoms. The zero-order valence-corrected chi connectivity index (χ0v) is 8.77. The quantitative estimate of drug-likeness (QED) is 0.756. The summed E-state index contributed by atoms with van der Waals surface area (Å²) in [6.45, 7) is 2.23. The minimum Gasteiger partial charge on any atom is -0.493 e. The molecule has 0 saturated carbocycles. The second-order valence-corrected chi connectivity index (χ2v) is 3.42. The minimum atomic E-state index is -0.359. The van der Waals surface area contributed by atoms with Crippen LogP contribution in [0.15, 0.2) is 24.3 Å². The highest BCUT2D eigenvalue weighted by Crippen LogP contribution is 2.15. The molecule has 4 heteroatoms. The standard InChI is InChI=1S/C11H16N2O2/c1-8(12)9-2-4-10(5-3-9)15-7-6-11(13)14/h2-5,8H,6-7,12H2,1H3,(H2,13,14). The summed E-state index contributed by atoms with van der Waals surface area (Å²) in [6, 6.07) is 7.50. The number of primary amides is 1. The van der Waals surface area contributed by atoms with Gasteiger partial charge < -0.3 is 16.2 Å². The van der Waals surface area contributed by atoms with Gasteiger partial charge in [-0.3, -0.25) is 4.79 Å². The van der Waals surface area contributed by atoms with Crippen molar-refractivity contribution in [2.24, 2.45) is 11.5 Å². The lowest BCUT2D eigenvalue weighted by Gasteiger charge is -2.08. The summed E-state index contributed by atoms with van der Waals surface area (Å²) in [5.74, 6) is 0.364. The van der Waals surface area contributed by atoms with Gasteiger partial charge in [-0.1, -0.05) is 12.1 Å². The molecule has 0 aliphatic carbocycles. The first-order chi connectivity index (χ1) is 7.09. The van der Waals surface area contributed by atoms with Crippen molar-refractivity contribution in [2.45, 2.75) is 19.4 Å². The van der Waals surface area contributed by atoms with Crippen LogP contribution in [0.2, 0.25) is 0 Å². The molecule has 0 bridgehead atoms. The number of benzene rings is 1. The summed E-state index contributed by atoms with van der Waals surface area (Å²) in [4.78, 5) is 10.5. The van der Waals surface area contributed by atoms with E-state index in [4.69, 9.17) is 16.2 Å². The fourth-order valence-electron chi connectivity index (χ4n) is 1.14. The van der Waals surface area contributed by atoms with Crippen molar-refractivity contribution >= 4 is 5.91 Å². The van der Waals surface area contributed by atoms with Crippen LogP contribution in [0.25, 0.3) is 0 Å². The normalized spacial score (nSPS) is 12.1. The van der Waals surface area contributed by atoms with Gasteiger partial charge in [0.15, 0.2) is 0 Å². The van der Waals surface area contributed by atoms with Gasteiger partial charge in [0.05, 0.1) is 13.0 Å². The number of nitrogens with two attached hydrogens (primary N) is 2. The van der Waals surface area contributed by atoms with Crippen LogP contribution >= 0.6 is 0 Å². The molecule has 0 aromatic heterocycles. The molecule has 1 rings (SSSR count). The predicted octanol–water partition coefficient (Wildman–Crippen LogP) is 0.960. The van der Waals surface area contributed by atoms with Gasteiger partial charge in [-0.05, 0) is 24.6 Å². The van der Waals surface area contributed by atoms with Gasteiger partial charge >= 0.3 is 0 Å². The molecule has 0 aliphatic rings. The molecule has 0 heterocycles. The average molecular weight is 208 g/mol. The van der Waals surface area contributed by atoms with Crippen LogP contribution in [-0.2, 0) is 4.79 Å². The molecule has 82 valence electrons. The Labute approximate surface area is 89.2 Å². The maximum Gasteiger partial charge on any atom is 0.220 e. The number of amides is 1. The predicted molar refractivity (Wildman–Crippen MR) is 58.4 cm³/mol. The van der Waals surface area contributed by atoms with Crippen molar-refractivity contribution in [3.8, 4) is 5.75 Å². The first-order valence-corrected chi connectivity index (χ1v) is 4.86. The zero-order chi connectivity index (χ0) is 11.3. The Bertz CT molecular complexity index is 320. The average Bonchev–Trinajstić information content (AvgIpc) is 2.18. The van der Waals surface area contributed by atoms with Crippen LogP contribution in [0.4, 0.5) is 0 Å². The molecular weight excluding hydrogens is 192 g/mol. The maximum absolute atomic E-state index is 10.5. The summed E-state index contributed by atoms with van der Waals surface area (Å²) in [5, 5.41) is 0. The topological polar surface area (TPSA) is 78.3 Å². The van der Waals surface area contributed by atoms with E-state index in [1.165, 1.54) is 0 Å². The molecule has 1 aromatic rings. The monoisotopic (exact) mass is 208 g/mol. The van der Waals surface area contributed by atoms with Crippen LogP contribution in [0.3, 0.4) is 0 Å². The van der Waals surface area contributed by atoms with E-state index >= 15 is 0 Å². The Kier molecular flexibility index (Phi) is 4.12. The third-order valence-electron chi connectivity index (χ3n) is 2.02. The lowest BCUT2D eigenvalue weighted by molar-refractivity contribution is -0.118. The maximum atomic E-state index is 10.5. The Morgan fingerprint density at radius 2 is 2.00 bits per heavy atom. The van der Waals surface area contributed by atoms with Crippen LogP contribution in [0, 0.1) is 0 Å². The van der Waals surface area contributed by atoms with Gasteiger partial charge in [-0.15, -0.1) is 0 Å². The smallest absolute Gasteiger partial charge is 0.220 e. The highest BCUT2D eigenvalue weighted by Gasteiger charge is 2.00. The van der Waals surface area contributed by atoms with Crippen LogP contribution in [-0.4, -0.2) is 12.5 Å². The van der Waals surface area contributed by atoms with Gasteiger partial charge in [0.25, 0.3) is 0 Å². The number of ether oxygens (including phenoxy) is 1. The van der Waals surface area contributed by atoms with Crippen molar-refractivity contribution in [2.75, 3.05) is 6.61 Å². The molecule has 0 fully saturated rings. The van der Waals surface area contributed by atoms with Gasteiger partial charge in [0, 0.05) is 6.04 Å². The van der Waals surface area contributed by atoms with Crippen molar-refractivity contribution in [3.05, 3.63) is 29.8 Å². The molecule has 1 amide bonds. The molecule has 1 atom stereocenters. The highest BCUT2D eigenvalue weighted by molar-refractivity contribution is 5.73. The molecule has 4 nitrogen and oxygen atoms in total. The van der Waals surface area contributed by atoms with E-state index in [1.807, 2.05) is 31.2 Å². The SMILES string of the molecule is CC(N)c1ccc(OCCC(N)=O)cc1. The summed E-state index contributed by atoms with van der Waals surface area (Å²) >= 11 is 0. The molecule has 1 unspecified atom stereocenters. The van der Waals surface area contributed by atoms with E-state index in [0.717, 1.165) is 11.3 Å². The number of rotatable bonds is 5. The largest absolute Gasteiger partial charge is 0.493 e. The second kappa shape index (κ2) is 5.36. The van der Waals surface area contributed by atoms with E-state index in [1.54, 1.807) is 0 Å². The van der Waals surface area contributed by atoms with E-state index < -0.39 is 0 Å². The second-order valence-electron chi connectivity index (χ2n) is 3.42. The van der Waals surface area contributed by atoms with E-state index in [0.29, 0.717) is 6.61 Å². The summed E-state index contributed by atoms with van der Waals surface area (Å²) in [7, 11) is 0. The zero-order valence-electron chi connectivity index (χ0n) is 8.77. The number of hydrogen-bond acceptors (Lipinski definition) is 3. The molecular formula is C11H16N2O2.